The molecular formula is C24H21ClO3S. The number of benzene rings is 3. The molecule has 5 heteroatoms. The van der Waals surface area contributed by atoms with E-state index in [0.29, 0.717) is 0 Å². The average molecular weight is 425 g/mol. The standard InChI is InChI=1S/C24H21ClO3S/c1-17(25)24(27)29-22-14-20(19-10-6-3-7-11-19)12-13-21(22)15-23(26)28-16-18-8-4-2-5-9-18/h2-14,17H,15-16H2,1H3. The van der Waals surface area contributed by atoms with E-state index >= 15 is 0 Å². The molecular weight excluding hydrogens is 404 g/mol. The van der Waals surface area contributed by atoms with Gasteiger partial charge < -0.3 is 4.74 Å². The average Bonchev–Trinajstić information content (AvgIpc) is 2.74. The molecule has 0 radical (unpaired) electrons. The minimum absolute atomic E-state index is 0.0915. The van der Waals surface area contributed by atoms with Crippen LogP contribution < -0.4 is 0 Å². The molecule has 0 N–H and O–H groups in total. The molecule has 3 aromatic rings. The second-order valence-electron chi connectivity index (χ2n) is 6.55. The Kier molecular flexibility index (Phi) is 7.50. The van der Waals surface area contributed by atoms with E-state index in [9.17, 15) is 9.59 Å². The van der Waals surface area contributed by atoms with Gasteiger partial charge in [-0.3, -0.25) is 9.59 Å². The molecule has 1 unspecified atom stereocenters. The second kappa shape index (κ2) is 10.3. The molecule has 0 spiro atoms. The first-order chi connectivity index (χ1) is 14.0. The zero-order valence-corrected chi connectivity index (χ0v) is 17.6. The number of alkyl halides is 1. The highest BCUT2D eigenvalue weighted by molar-refractivity contribution is 8.14. The van der Waals surface area contributed by atoms with Crippen LogP contribution in [0.1, 0.15) is 18.1 Å². The topological polar surface area (TPSA) is 43.4 Å². The molecule has 148 valence electrons. The number of ether oxygens (including phenoxy) is 1. The van der Waals surface area contributed by atoms with Gasteiger partial charge in [0.15, 0.2) is 0 Å². The maximum absolute atomic E-state index is 12.4. The molecule has 0 heterocycles. The van der Waals surface area contributed by atoms with Crippen LogP contribution in [0.25, 0.3) is 11.1 Å². The van der Waals surface area contributed by atoms with E-state index in [1.54, 1.807) is 6.92 Å². The van der Waals surface area contributed by atoms with Gasteiger partial charge in [0.25, 0.3) is 0 Å². The lowest BCUT2D eigenvalue weighted by Gasteiger charge is -2.12. The summed E-state index contributed by atoms with van der Waals surface area (Å²) in [5.74, 6) is -0.338. The first-order valence-corrected chi connectivity index (χ1v) is 10.5. The molecule has 29 heavy (non-hydrogen) atoms. The molecule has 3 aromatic carbocycles. The number of hydrogen-bond acceptors (Lipinski definition) is 4. The van der Waals surface area contributed by atoms with E-state index in [-0.39, 0.29) is 24.1 Å². The van der Waals surface area contributed by atoms with Gasteiger partial charge in [-0.05, 0) is 35.2 Å². The summed E-state index contributed by atoms with van der Waals surface area (Å²) in [5, 5.41) is -0.769. The molecule has 0 aliphatic rings. The number of esters is 1. The maximum Gasteiger partial charge on any atom is 0.310 e. The van der Waals surface area contributed by atoms with Gasteiger partial charge in [0.1, 0.15) is 6.61 Å². The number of carbonyl (C=O) groups excluding carboxylic acids is 2. The molecule has 0 saturated heterocycles. The molecule has 0 aromatic heterocycles. The van der Waals surface area contributed by atoms with Crippen LogP contribution in [0.4, 0.5) is 0 Å². The molecule has 1 atom stereocenters. The summed E-state index contributed by atoms with van der Waals surface area (Å²) in [6, 6.07) is 25.2. The summed E-state index contributed by atoms with van der Waals surface area (Å²) >= 11 is 7.01. The first-order valence-electron chi connectivity index (χ1n) is 9.26. The highest BCUT2D eigenvalue weighted by atomic mass is 35.5. The SMILES string of the molecule is CC(Cl)C(=O)Sc1cc(-c2ccccc2)ccc1CC(=O)OCc1ccccc1. The van der Waals surface area contributed by atoms with Gasteiger partial charge in [0, 0.05) is 4.90 Å². The van der Waals surface area contributed by atoms with Crippen molar-refractivity contribution in [2.45, 2.75) is 30.2 Å². The molecule has 0 fully saturated rings. The van der Waals surface area contributed by atoms with Crippen molar-refractivity contribution >= 4 is 34.4 Å². The summed E-state index contributed by atoms with van der Waals surface area (Å²) in [6.45, 7) is 1.87. The Morgan fingerprint density at radius 2 is 1.59 bits per heavy atom. The molecule has 0 saturated carbocycles. The zero-order valence-electron chi connectivity index (χ0n) is 16.0. The van der Waals surface area contributed by atoms with Crippen LogP contribution in [0.2, 0.25) is 0 Å². The number of hydrogen-bond donors (Lipinski definition) is 0. The fourth-order valence-electron chi connectivity index (χ4n) is 2.74. The van der Waals surface area contributed by atoms with Crippen molar-refractivity contribution in [1.82, 2.24) is 0 Å². The van der Waals surface area contributed by atoms with Crippen molar-refractivity contribution in [3.05, 3.63) is 90.0 Å². The van der Waals surface area contributed by atoms with Crippen LogP contribution in [0.5, 0.6) is 0 Å². The van der Waals surface area contributed by atoms with Crippen molar-refractivity contribution in [3.63, 3.8) is 0 Å². The van der Waals surface area contributed by atoms with Crippen LogP contribution >= 0.6 is 23.4 Å². The molecule has 0 bridgehead atoms. The van der Waals surface area contributed by atoms with E-state index in [4.69, 9.17) is 16.3 Å². The van der Waals surface area contributed by atoms with Crippen LogP contribution in [0, 0.1) is 0 Å². The van der Waals surface area contributed by atoms with E-state index in [1.807, 2.05) is 78.9 Å². The van der Waals surface area contributed by atoms with Gasteiger partial charge in [-0.2, -0.15) is 0 Å². The Bertz CT molecular complexity index is 972. The summed E-state index contributed by atoms with van der Waals surface area (Å²) < 4.78 is 5.40. The molecule has 0 amide bonds. The van der Waals surface area contributed by atoms with Gasteiger partial charge >= 0.3 is 5.97 Å². The predicted molar refractivity (Wildman–Crippen MR) is 118 cm³/mol. The Labute approximate surface area is 180 Å². The molecule has 0 aliphatic carbocycles. The lowest BCUT2D eigenvalue weighted by molar-refractivity contribution is -0.144. The van der Waals surface area contributed by atoms with Crippen LogP contribution in [-0.2, 0) is 27.4 Å². The van der Waals surface area contributed by atoms with Gasteiger partial charge in [-0.25, -0.2) is 0 Å². The zero-order chi connectivity index (χ0) is 20.6. The highest BCUT2D eigenvalue weighted by Gasteiger charge is 2.17. The number of rotatable bonds is 7. The van der Waals surface area contributed by atoms with Gasteiger partial charge in [0.05, 0.1) is 11.8 Å². The number of thioether (sulfide) groups is 1. The Morgan fingerprint density at radius 3 is 2.24 bits per heavy atom. The molecule has 3 nitrogen and oxygen atoms in total. The van der Waals surface area contributed by atoms with Crippen LogP contribution in [-0.4, -0.2) is 16.5 Å². The number of halogens is 1. The van der Waals surface area contributed by atoms with E-state index < -0.39 is 5.38 Å². The third-order valence-electron chi connectivity index (χ3n) is 4.29. The lowest BCUT2D eigenvalue weighted by atomic mass is 10.0. The van der Waals surface area contributed by atoms with Crippen molar-refractivity contribution in [2.24, 2.45) is 0 Å². The van der Waals surface area contributed by atoms with Gasteiger partial charge in [-0.15, -0.1) is 11.6 Å². The van der Waals surface area contributed by atoms with Gasteiger partial charge in [-0.1, -0.05) is 84.6 Å². The maximum atomic E-state index is 12.4. The normalized spacial score (nSPS) is 11.7. The summed E-state index contributed by atoms with van der Waals surface area (Å²) in [6.07, 6.45) is 0.0915. The van der Waals surface area contributed by atoms with Crippen LogP contribution in [0.15, 0.2) is 83.8 Å². The Hall–Kier alpha value is -2.56. The minimum Gasteiger partial charge on any atom is -0.461 e. The van der Waals surface area contributed by atoms with Crippen molar-refractivity contribution in [2.75, 3.05) is 0 Å². The first kappa shape index (κ1) is 21.2. The Morgan fingerprint density at radius 1 is 0.931 bits per heavy atom. The fraction of sp³-hybridized carbons (Fsp3) is 0.167. The number of carbonyl (C=O) groups is 2. The van der Waals surface area contributed by atoms with E-state index in [0.717, 1.165) is 38.9 Å². The van der Waals surface area contributed by atoms with Crippen molar-refractivity contribution in [1.29, 1.82) is 0 Å². The third kappa shape index (κ3) is 6.21. The lowest BCUT2D eigenvalue weighted by Crippen LogP contribution is -2.10. The Balaban J connectivity index is 1.78. The summed E-state index contributed by atoms with van der Waals surface area (Å²) in [5.41, 5.74) is 3.70. The quantitative estimate of drug-likeness (QED) is 0.269. The second-order valence-corrected chi connectivity index (χ2v) is 8.25. The van der Waals surface area contributed by atoms with Crippen LogP contribution in [0.3, 0.4) is 0 Å². The third-order valence-corrected chi connectivity index (χ3v) is 5.77. The fourth-order valence-corrected chi connectivity index (χ4v) is 3.71. The predicted octanol–water partition coefficient (Wildman–Crippen LogP) is 5.89. The summed E-state index contributed by atoms with van der Waals surface area (Å²) in [7, 11) is 0. The largest absolute Gasteiger partial charge is 0.461 e. The highest BCUT2D eigenvalue weighted by Crippen LogP contribution is 2.31. The monoisotopic (exact) mass is 424 g/mol. The van der Waals surface area contributed by atoms with Gasteiger partial charge in [0.2, 0.25) is 5.12 Å². The minimum atomic E-state index is -0.613. The van der Waals surface area contributed by atoms with Crippen molar-refractivity contribution in [3.8, 4) is 11.1 Å². The van der Waals surface area contributed by atoms with Crippen molar-refractivity contribution < 1.29 is 14.3 Å². The summed E-state index contributed by atoms with van der Waals surface area (Å²) in [4.78, 5) is 25.3. The van der Waals surface area contributed by atoms with E-state index in [2.05, 4.69) is 0 Å². The smallest absolute Gasteiger partial charge is 0.310 e. The molecule has 3 rings (SSSR count). The molecule has 0 aliphatic heterocycles. The van der Waals surface area contributed by atoms with E-state index in [1.165, 1.54) is 0 Å².